The number of nitrogens with zero attached hydrogens (tertiary/aromatic N) is 5. The molecule has 0 saturated carbocycles. The Morgan fingerprint density at radius 1 is 1.11 bits per heavy atom. The summed E-state index contributed by atoms with van der Waals surface area (Å²) in [5.74, 6) is -1.25. The molecule has 44 heavy (non-hydrogen) atoms. The summed E-state index contributed by atoms with van der Waals surface area (Å²) in [5.41, 5.74) is -1.35. The van der Waals surface area contributed by atoms with Crippen molar-refractivity contribution in [3.63, 3.8) is 0 Å². The lowest BCUT2D eigenvalue weighted by Crippen LogP contribution is -2.55. The molecule has 0 unspecified atom stereocenters. The van der Waals surface area contributed by atoms with E-state index in [2.05, 4.69) is 25.2 Å². The van der Waals surface area contributed by atoms with Gasteiger partial charge in [-0.2, -0.15) is 13.2 Å². The van der Waals surface area contributed by atoms with Crippen LogP contribution in [0.4, 0.5) is 34.9 Å². The van der Waals surface area contributed by atoms with E-state index in [0.29, 0.717) is 54.9 Å². The van der Waals surface area contributed by atoms with Crippen LogP contribution in [0.2, 0.25) is 0 Å². The Morgan fingerprint density at radius 3 is 2.43 bits per heavy atom. The third-order valence-corrected chi connectivity index (χ3v) is 8.16. The summed E-state index contributed by atoms with van der Waals surface area (Å²) in [6.45, 7) is 5.61. The predicted octanol–water partition coefficient (Wildman–Crippen LogP) is 3.89. The van der Waals surface area contributed by atoms with Crippen LogP contribution in [0.25, 0.3) is 5.57 Å². The van der Waals surface area contributed by atoms with E-state index in [0.717, 1.165) is 6.20 Å². The highest BCUT2D eigenvalue weighted by molar-refractivity contribution is 6.07. The minimum absolute atomic E-state index is 0.0768. The Bertz CT molecular complexity index is 1610. The number of carbonyl (C=O) groups excluding carboxylic acids is 1. The molecule has 2 aliphatic rings. The zero-order chi connectivity index (χ0) is 31.8. The van der Waals surface area contributed by atoms with Crippen LogP contribution >= 0.6 is 0 Å². The second-order valence-corrected chi connectivity index (χ2v) is 11.2. The van der Waals surface area contributed by atoms with E-state index >= 15 is 4.39 Å². The first kappa shape index (κ1) is 31.1. The van der Waals surface area contributed by atoms with Gasteiger partial charge in [0, 0.05) is 74.0 Å². The molecule has 10 nitrogen and oxygen atoms in total. The van der Waals surface area contributed by atoms with Crippen molar-refractivity contribution in [2.24, 2.45) is 0 Å². The number of aliphatic hydroxyl groups is 1. The molecule has 4 heterocycles. The number of anilines is 3. The van der Waals surface area contributed by atoms with Gasteiger partial charge in [0.15, 0.2) is 0 Å². The predicted molar refractivity (Wildman–Crippen MR) is 158 cm³/mol. The smallest absolute Gasteiger partial charge is 0.392 e. The van der Waals surface area contributed by atoms with E-state index in [9.17, 15) is 27.9 Å². The molecular formula is C30H33F4N7O3. The van der Waals surface area contributed by atoms with Crippen molar-refractivity contribution in [3.05, 3.63) is 81.3 Å². The maximum atomic E-state index is 15.9. The number of aromatic amines is 1. The molecular weight excluding hydrogens is 582 g/mol. The van der Waals surface area contributed by atoms with Gasteiger partial charge >= 0.3 is 6.18 Å². The van der Waals surface area contributed by atoms with Crippen molar-refractivity contribution < 1.29 is 27.5 Å². The molecule has 14 heteroatoms. The zero-order valence-electron chi connectivity index (χ0n) is 24.5. The number of alkyl halides is 3. The molecule has 0 bridgehead atoms. The number of halogens is 4. The van der Waals surface area contributed by atoms with Gasteiger partial charge in [-0.15, -0.1) is 0 Å². The first-order valence-corrected chi connectivity index (χ1v) is 14.1. The first-order valence-electron chi connectivity index (χ1n) is 14.1. The van der Waals surface area contributed by atoms with Gasteiger partial charge in [0.25, 0.3) is 5.91 Å². The quantitative estimate of drug-likeness (QED) is 0.358. The van der Waals surface area contributed by atoms with E-state index in [1.54, 1.807) is 0 Å². The number of nitrogens with one attached hydrogen (secondary N) is 2. The van der Waals surface area contributed by atoms with E-state index in [1.165, 1.54) is 24.5 Å². The summed E-state index contributed by atoms with van der Waals surface area (Å²) in [6.07, 6.45) is 1.21. The van der Waals surface area contributed by atoms with Crippen LogP contribution < -0.4 is 20.7 Å². The van der Waals surface area contributed by atoms with Crippen molar-refractivity contribution >= 4 is 28.8 Å². The van der Waals surface area contributed by atoms with Gasteiger partial charge in [-0.25, -0.2) is 14.4 Å². The van der Waals surface area contributed by atoms with Crippen LogP contribution in [0.1, 0.15) is 47.3 Å². The van der Waals surface area contributed by atoms with Crippen molar-refractivity contribution in [1.29, 1.82) is 0 Å². The van der Waals surface area contributed by atoms with Gasteiger partial charge in [0.05, 0.1) is 29.1 Å². The molecule has 2 atom stereocenters. The van der Waals surface area contributed by atoms with Crippen LogP contribution in [0.3, 0.4) is 0 Å². The zero-order valence-corrected chi connectivity index (χ0v) is 24.5. The highest BCUT2D eigenvalue weighted by atomic mass is 19.4. The third kappa shape index (κ3) is 6.45. The number of carbonyl (C=O) groups is 1. The number of rotatable bonds is 6. The average Bonchev–Trinajstić information content (AvgIpc) is 2.99. The van der Waals surface area contributed by atoms with Crippen LogP contribution in [0, 0.1) is 5.82 Å². The third-order valence-electron chi connectivity index (χ3n) is 8.16. The molecule has 3 N–H and O–H groups in total. The Hall–Kier alpha value is -4.30. The van der Waals surface area contributed by atoms with E-state index < -0.39 is 34.6 Å². The number of pyridine rings is 1. The molecule has 5 rings (SSSR count). The molecule has 0 aliphatic carbocycles. The van der Waals surface area contributed by atoms with E-state index in [1.807, 2.05) is 36.8 Å². The standard InChI is InChI=1S/C30H33F4N7O3/c1-17-13-41(14-18(2)39(17)3)26-9-24(31)21(20-5-4-6-40(15-20)29-36-10-19(16-42)11-37-29)7-25(26)38-28(44)22-12-35-27(43)8-23(22)30(32,33)34/h5,7-12,17-18,42H,4,6,13-16H2,1-3H3,(H,35,43)(H,38,44)/t17-,18+. The number of H-pyrrole nitrogens is 1. The molecule has 3 aromatic rings. The molecule has 1 saturated heterocycles. The number of aliphatic hydroxyl groups excluding tert-OH is 1. The summed E-state index contributed by atoms with van der Waals surface area (Å²) in [5, 5.41) is 11.9. The molecule has 1 amide bonds. The van der Waals surface area contributed by atoms with Gasteiger partial charge in [-0.1, -0.05) is 6.08 Å². The molecule has 1 aromatic carbocycles. The Kier molecular flexibility index (Phi) is 8.75. The van der Waals surface area contributed by atoms with Gasteiger partial charge < -0.3 is 25.2 Å². The SMILES string of the molecule is C[C@@H]1CN(c2cc(F)c(C3=CCCN(c4ncc(CO)cn4)C3)cc2NC(=O)c2c[nH]c(=O)cc2C(F)(F)F)C[C@H](C)N1C. The highest BCUT2D eigenvalue weighted by Gasteiger charge is 2.36. The molecule has 234 valence electrons. The number of piperazine rings is 1. The number of likely N-dealkylation sites (N-methyl/N-ethyl adjacent to an activating group) is 1. The van der Waals surface area contributed by atoms with Crippen molar-refractivity contribution in [2.75, 3.05) is 48.3 Å². The molecule has 0 spiro atoms. The second-order valence-electron chi connectivity index (χ2n) is 11.2. The fourth-order valence-electron chi connectivity index (χ4n) is 5.56. The summed E-state index contributed by atoms with van der Waals surface area (Å²) < 4.78 is 57.2. The van der Waals surface area contributed by atoms with Gasteiger partial charge in [-0.05, 0) is 45.0 Å². The monoisotopic (exact) mass is 615 g/mol. The lowest BCUT2D eigenvalue weighted by Gasteiger charge is -2.44. The van der Waals surface area contributed by atoms with Crippen LogP contribution in [-0.2, 0) is 12.8 Å². The number of benzene rings is 1. The Labute approximate surface area is 251 Å². The van der Waals surface area contributed by atoms with E-state index in [4.69, 9.17) is 0 Å². The normalized spacial score (nSPS) is 19.6. The minimum atomic E-state index is -4.95. The lowest BCUT2D eigenvalue weighted by molar-refractivity contribution is -0.138. The highest BCUT2D eigenvalue weighted by Crippen LogP contribution is 2.37. The summed E-state index contributed by atoms with van der Waals surface area (Å²) >= 11 is 0. The minimum Gasteiger partial charge on any atom is -0.392 e. The van der Waals surface area contributed by atoms with E-state index in [-0.39, 0.29) is 36.5 Å². The Balaban J connectivity index is 1.54. The molecule has 2 aromatic heterocycles. The maximum Gasteiger partial charge on any atom is 0.417 e. The second kappa shape index (κ2) is 12.4. The topological polar surface area (TPSA) is 118 Å². The van der Waals surface area contributed by atoms with Gasteiger partial charge in [0.2, 0.25) is 11.5 Å². The van der Waals surface area contributed by atoms with Crippen LogP contribution in [-0.4, -0.2) is 76.2 Å². The van der Waals surface area contributed by atoms with Crippen LogP contribution in [0.15, 0.2) is 47.7 Å². The number of hydrogen-bond acceptors (Lipinski definition) is 8. The fourth-order valence-corrected chi connectivity index (χ4v) is 5.56. The summed E-state index contributed by atoms with van der Waals surface area (Å²) in [6, 6.07) is 3.24. The molecule has 0 radical (unpaired) electrons. The van der Waals surface area contributed by atoms with Crippen molar-refractivity contribution in [2.45, 2.75) is 45.1 Å². The lowest BCUT2D eigenvalue weighted by atomic mass is 9.98. The molecule has 2 aliphatic heterocycles. The fraction of sp³-hybridized carbons (Fsp3) is 0.400. The maximum absolute atomic E-state index is 15.9. The van der Waals surface area contributed by atoms with Gasteiger partial charge in [0.1, 0.15) is 5.82 Å². The molecule has 1 fully saturated rings. The van der Waals surface area contributed by atoms with Crippen molar-refractivity contribution in [3.8, 4) is 0 Å². The first-order chi connectivity index (χ1) is 20.8. The largest absolute Gasteiger partial charge is 0.417 e. The number of amides is 1. The summed E-state index contributed by atoms with van der Waals surface area (Å²) in [4.78, 5) is 41.7. The van der Waals surface area contributed by atoms with Crippen molar-refractivity contribution in [1.82, 2.24) is 19.9 Å². The Morgan fingerprint density at radius 2 is 1.80 bits per heavy atom. The summed E-state index contributed by atoms with van der Waals surface area (Å²) in [7, 11) is 1.98. The average molecular weight is 616 g/mol. The van der Waals surface area contributed by atoms with Gasteiger partial charge in [-0.3, -0.25) is 14.5 Å². The number of aromatic nitrogens is 3. The number of hydrogen-bond donors (Lipinski definition) is 3. The van der Waals surface area contributed by atoms with Crippen LogP contribution in [0.5, 0.6) is 0 Å².